The number of amides is 1. The molecule has 0 bridgehead atoms. The van der Waals surface area contributed by atoms with Crippen molar-refractivity contribution in [3.8, 4) is 28.9 Å². The molecule has 1 aromatic carbocycles. The van der Waals surface area contributed by atoms with E-state index in [0.717, 1.165) is 24.3 Å². The molecular formula is C24H23N5O5. The van der Waals surface area contributed by atoms with Gasteiger partial charge in [0.15, 0.2) is 12.4 Å². The Morgan fingerprint density at radius 3 is 2.71 bits per heavy atom. The van der Waals surface area contributed by atoms with Crippen LogP contribution in [0.3, 0.4) is 0 Å². The standard InChI is InChI=1S/C24H23N5O5/c1-2-32-15-8-10-16(11-9-15)34-14-22(30)26-21-13-19(20-7-4-12-33-20)28-29(21)24-25-18-6-3-5-17(18)23(31)27-24/h4,7-13H,2-3,5-6,14H2,1H3,(H,26,30)(H,25,27,31). The van der Waals surface area contributed by atoms with Crippen LogP contribution in [0, 0.1) is 0 Å². The number of ether oxygens (including phenoxy) is 2. The van der Waals surface area contributed by atoms with Gasteiger partial charge in [-0.2, -0.15) is 9.78 Å². The minimum absolute atomic E-state index is 0.191. The van der Waals surface area contributed by atoms with Gasteiger partial charge < -0.3 is 19.2 Å². The number of hydrogen-bond acceptors (Lipinski definition) is 7. The maximum absolute atomic E-state index is 12.7. The molecule has 0 saturated heterocycles. The first-order valence-corrected chi connectivity index (χ1v) is 11.0. The Kier molecular flexibility index (Phi) is 5.86. The highest BCUT2D eigenvalue weighted by atomic mass is 16.5. The topological polar surface area (TPSA) is 124 Å². The number of aryl methyl sites for hydroxylation is 1. The number of fused-ring (bicyclic) bond motifs is 1. The molecule has 1 aliphatic carbocycles. The molecule has 0 atom stereocenters. The van der Waals surface area contributed by atoms with Crippen LogP contribution in [0.5, 0.6) is 11.5 Å². The van der Waals surface area contributed by atoms with Crippen LogP contribution in [-0.2, 0) is 17.6 Å². The lowest BCUT2D eigenvalue weighted by molar-refractivity contribution is -0.118. The van der Waals surface area contributed by atoms with Crippen molar-refractivity contribution in [2.24, 2.45) is 0 Å². The second kappa shape index (κ2) is 9.26. The Bertz CT molecular complexity index is 1360. The van der Waals surface area contributed by atoms with Gasteiger partial charge in [0.05, 0.1) is 18.6 Å². The largest absolute Gasteiger partial charge is 0.494 e. The van der Waals surface area contributed by atoms with Crippen molar-refractivity contribution in [3.05, 3.63) is 70.3 Å². The number of nitrogens with one attached hydrogen (secondary N) is 2. The molecule has 0 fully saturated rings. The first-order chi connectivity index (χ1) is 16.6. The summed E-state index contributed by atoms with van der Waals surface area (Å²) >= 11 is 0. The van der Waals surface area contributed by atoms with Crippen molar-refractivity contribution in [1.29, 1.82) is 0 Å². The van der Waals surface area contributed by atoms with E-state index in [9.17, 15) is 9.59 Å². The third-order valence-electron chi connectivity index (χ3n) is 5.38. The Balaban J connectivity index is 1.38. The van der Waals surface area contributed by atoms with Crippen LogP contribution in [0.15, 0.2) is 57.9 Å². The molecule has 2 N–H and O–H groups in total. The lowest BCUT2D eigenvalue weighted by atomic mass is 10.3. The van der Waals surface area contributed by atoms with E-state index in [4.69, 9.17) is 13.9 Å². The Morgan fingerprint density at radius 1 is 1.18 bits per heavy atom. The summed E-state index contributed by atoms with van der Waals surface area (Å²) in [6.45, 7) is 2.26. The van der Waals surface area contributed by atoms with Crippen LogP contribution in [0.4, 0.5) is 5.82 Å². The van der Waals surface area contributed by atoms with Gasteiger partial charge in [0.1, 0.15) is 23.0 Å². The van der Waals surface area contributed by atoms with E-state index in [1.807, 2.05) is 6.92 Å². The van der Waals surface area contributed by atoms with Crippen LogP contribution in [-0.4, -0.2) is 38.9 Å². The van der Waals surface area contributed by atoms with Crippen LogP contribution < -0.4 is 20.3 Å². The zero-order chi connectivity index (χ0) is 23.5. The number of hydrogen-bond donors (Lipinski definition) is 2. The van der Waals surface area contributed by atoms with Crippen LogP contribution in [0.2, 0.25) is 0 Å². The molecular weight excluding hydrogens is 438 g/mol. The predicted molar refractivity (Wildman–Crippen MR) is 123 cm³/mol. The molecule has 10 nitrogen and oxygen atoms in total. The van der Waals surface area contributed by atoms with Gasteiger partial charge in [0, 0.05) is 11.6 Å². The van der Waals surface area contributed by atoms with Crippen molar-refractivity contribution < 1.29 is 18.7 Å². The SMILES string of the molecule is CCOc1ccc(OCC(=O)Nc2cc(-c3ccco3)nn2-c2nc3c(c(=O)[nH]2)CCC3)cc1. The number of carbonyl (C=O) groups is 1. The van der Waals surface area contributed by atoms with Gasteiger partial charge in [0.2, 0.25) is 5.95 Å². The van der Waals surface area contributed by atoms with E-state index in [-0.39, 0.29) is 18.1 Å². The van der Waals surface area contributed by atoms with Crippen molar-refractivity contribution in [2.45, 2.75) is 26.2 Å². The molecule has 4 aromatic rings. The summed E-state index contributed by atoms with van der Waals surface area (Å²) in [4.78, 5) is 32.6. The molecule has 10 heteroatoms. The average molecular weight is 461 g/mol. The molecule has 0 saturated carbocycles. The normalized spacial score (nSPS) is 12.4. The van der Waals surface area contributed by atoms with Gasteiger partial charge in [0.25, 0.3) is 11.5 Å². The van der Waals surface area contributed by atoms with Gasteiger partial charge in [-0.05, 0) is 62.6 Å². The number of aromatic amines is 1. The number of benzene rings is 1. The molecule has 0 spiro atoms. The first-order valence-electron chi connectivity index (χ1n) is 11.0. The number of carbonyl (C=O) groups excluding carboxylic acids is 1. The number of nitrogens with zero attached hydrogens (tertiary/aromatic N) is 3. The van der Waals surface area contributed by atoms with Gasteiger partial charge in [-0.25, -0.2) is 4.98 Å². The third-order valence-corrected chi connectivity index (χ3v) is 5.38. The fraction of sp³-hybridized carbons (Fsp3) is 0.250. The van der Waals surface area contributed by atoms with Gasteiger partial charge in [-0.1, -0.05) is 0 Å². The summed E-state index contributed by atoms with van der Waals surface area (Å²) in [5.41, 5.74) is 1.75. The highest BCUT2D eigenvalue weighted by molar-refractivity contribution is 5.91. The van der Waals surface area contributed by atoms with E-state index < -0.39 is 5.91 Å². The predicted octanol–water partition coefficient (Wildman–Crippen LogP) is 3.12. The lowest BCUT2D eigenvalue weighted by Crippen LogP contribution is -2.24. The molecule has 1 amide bonds. The quantitative estimate of drug-likeness (QED) is 0.413. The fourth-order valence-electron chi connectivity index (χ4n) is 3.83. The number of H-pyrrole nitrogens is 1. The summed E-state index contributed by atoms with van der Waals surface area (Å²) in [5.74, 6) is 1.93. The molecule has 0 unspecified atom stereocenters. The van der Waals surface area contributed by atoms with Gasteiger partial charge >= 0.3 is 0 Å². The van der Waals surface area contributed by atoms with Gasteiger partial charge in [-0.15, -0.1) is 0 Å². The summed E-state index contributed by atoms with van der Waals surface area (Å²) in [6, 6.07) is 12.2. The number of furan rings is 1. The smallest absolute Gasteiger partial charge is 0.263 e. The first kappa shape index (κ1) is 21.5. The van der Waals surface area contributed by atoms with Crippen LogP contribution in [0.1, 0.15) is 24.6 Å². The van der Waals surface area contributed by atoms with E-state index >= 15 is 0 Å². The summed E-state index contributed by atoms with van der Waals surface area (Å²) in [5, 5.41) is 7.30. The van der Waals surface area contributed by atoms with Crippen molar-refractivity contribution in [1.82, 2.24) is 19.7 Å². The van der Waals surface area contributed by atoms with Gasteiger partial charge in [-0.3, -0.25) is 14.6 Å². The monoisotopic (exact) mass is 461 g/mol. The minimum Gasteiger partial charge on any atom is -0.494 e. The molecule has 34 heavy (non-hydrogen) atoms. The maximum Gasteiger partial charge on any atom is 0.263 e. The summed E-state index contributed by atoms with van der Waals surface area (Å²) < 4.78 is 17.8. The summed E-state index contributed by atoms with van der Waals surface area (Å²) in [7, 11) is 0. The van der Waals surface area contributed by atoms with Crippen molar-refractivity contribution in [2.75, 3.05) is 18.5 Å². The molecule has 3 aromatic heterocycles. The second-order valence-corrected chi connectivity index (χ2v) is 7.71. The molecule has 5 rings (SSSR count). The molecule has 0 aliphatic heterocycles. The van der Waals surface area contributed by atoms with E-state index in [1.165, 1.54) is 10.9 Å². The van der Waals surface area contributed by atoms with E-state index in [0.29, 0.717) is 41.6 Å². The molecule has 174 valence electrons. The van der Waals surface area contributed by atoms with E-state index in [1.54, 1.807) is 42.5 Å². The Morgan fingerprint density at radius 2 is 1.97 bits per heavy atom. The fourth-order valence-corrected chi connectivity index (χ4v) is 3.83. The van der Waals surface area contributed by atoms with E-state index in [2.05, 4.69) is 20.4 Å². The van der Waals surface area contributed by atoms with Crippen LogP contribution in [0.25, 0.3) is 17.4 Å². The summed E-state index contributed by atoms with van der Waals surface area (Å²) in [6.07, 6.45) is 3.86. The van der Waals surface area contributed by atoms with Crippen molar-refractivity contribution in [3.63, 3.8) is 0 Å². The zero-order valence-corrected chi connectivity index (χ0v) is 18.5. The van der Waals surface area contributed by atoms with Crippen molar-refractivity contribution >= 4 is 11.7 Å². The highest BCUT2D eigenvalue weighted by Gasteiger charge is 2.21. The highest BCUT2D eigenvalue weighted by Crippen LogP contribution is 2.25. The third kappa shape index (κ3) is 4.42. The number of aromatic nitrogens is 4. The number of anilines is 1. The molecule has 0 radical (unpaired) electrons. The average Bonchev–Trinajstić information content (AvgIpc) is 3.59. The minimum atomic E-state index is -0.399. The second-order valence-electron chi connectivity index (χ2n) is 7.71. The number of rotatable bonds is 8. The van der Waals surface area contributed by atoms with Crippen LogP contribution >= 0.6 is 0 Å². The maximum atomic E-state index is 12.7. The Labute approximate surface area is 194 Å². The molecule has 3 heterocycles. The molecule has 1 aliphatic rings. The lowest BCUT2D eigenvalue weighted by Gasteiger charge is -2.10. The Hall–Kier alpha value is -4.34. The zero-order valence-electron chi connectivity index (χ0n) is 18.5.